The lowest BCUT2D eigenvalue weighted by atomic mass is 10.2. The van der Waals surface area contributed by atoms with Gasteiger partial charge in [0.25, 0.3) is 0 Å². The highest BCUT2D eigenvalue weighted by Crippen LogP contribution is 2.24. The van der Waals surface area contributed by atoms with Crippen LogP contribution >= 0.6 is 0 Å². The molecular formula is C19H24N2Si. The van der Waals surface area contributed by atoms with Crippen LogP contribution in [0.2, 0.25) is 12.6 Å². The molecule has 0 radical (unpaired) electrons. The Kier molecular flexibility index (Phi) is 3.69. The largest absolute Gasteiger partial charge is 0.378 e. The number of nitrogens with zero attached hydrogens (tertiary/aromatic N) is 2. The van der Waals surface area contributed by atoms with E-state index in [4.69, 9.17) is 4.99 Å². The molecule has 1 atom stereocenters. The summed E-state index contributed by atoms with van der Waals surface area (Å²) >= 11 is 0. The molecule has 22 heavy (non-hydrogen) atoms. The first-order chi connectivity index (χ1) is 10.5. The fraction of sp³-hybridized carbons (Fsp3) is 0.316. The minimum atomic E-state index is -1.75. The van der Waals surface area contributed by atoms with Gasteiger partial charge in [-0.15, -0.1) is 0 Å². The van der Waals surface area contributed by atoms with Crippen molar-refractivity contribution in [2.45, 2.75) is 25.9 Å². The van der Waals surface area contributed by atoms with Crippen molar-refractivity contribution in [3.8, 4) is 0 Å². The van der Waals surface area contributed by atoms with Crippen LogP contribution in [0.1, 0.15) is 13.3 Å². The summed E-state index contributed by atoms with van der Waals surface area (Å²) in [6.07, 6.45) is 1.20. The first-order valence-electron chi connectivity index (χ1n) is 7.96. The fourth-order valence-corrected chi connectivity index (χ4v) is 7.72. The molecule has 3 rings (SSSR count). The van der Waals surface area contributed by atoms with Crippen molar-refractivity contribution < 1.29 is 0 Å². The van der Waals surface area contributed by atoms with Crippen molar-refractivity contribution in [1.82, 2.24) is 0 Å². The lowest BCUT2D eigenvalue weighted by molar-refractivity contribution is 1.05. The molecule has 3 heteroatoms. The van der Waals surface area contributed by atoms with Gasteiger partial charge in [-0.1, -0.05) is 38.6 Å². The van der Waals surface area contributed by atoms with Gasteiger partial charge in [-0.3, -0.25) is 0 Å². The van der Waals surface area contributed by atoms with E-state index >= 15 is 0 Å². The van der Waals surface area contributed by atoms with Crippen LogP contribution in [0.15, 0.2) is 41.4 Å². The maximum Gasteiger partial charge on any atom is 0.120 e. The van der Waals surface area contributed by atoms with Gasteiger partial charge in [0, 0.05) is 19.8 Å². The van der Waals surface area contributed by atoms with Crippen LogP contribution in [0.4, 0.5) is 11.4 Å². The summed E-state index contributed by atoms with van der Waals surface area (Å²) in [4.78, 5) is 7.09. The fourth-order valence-electron chi connectivity index (χ4n) is 3.51. The summed E-state index contributed by atoms with van der Waals surface area (Å²) in [6, 6.07) is 14.5. The zero-order chi connectivity index (χ0) is 15.9. The molecule has 0 amide bonds. The molecule has 1 aliphatic rings. The molecule has 1 unspecified atom stereocenters. The Balaban J connectivity index is 2.34. The Morgan fingerprint density at radius 1 is 1.09 bits per heavy atom. The molecule has 0 N–H and O–H groups in total. The van der Waals surface area contributed by atoms with Crippen LogP contribution in [0.3, 0.4) is 0 Å². The van der Waals surface area contributed by atoms with Crippen molar-refractivity contribution in [2.24, 2.45) is 4.99 Å². The van der Waals surface area contributed by atoms with Gasteiger partial charge in [0.15, 0.2) is 0 Å². The number of fused-ring (bicyclic) bond motifs is 2. The Morgan fingerprint density at radius 3 is 2.55 bits per heavy atom. The van der Waals surface area contributed by atoms with Crippen LogP contribution in [0, 0.1) is 0 Å². The van der Waals surface area contributed by atoms with Crippen LogP contribution in [0.25, 0.3) is 6.58 Å². The summed E-state index contributed by atoms with van der Waals surface area (Å²) in [5.74, 6) is 0. The number of benzene rings is 2. The normalized spacial score (nSPS) is 19.1. The summed E-state index contributed by atoms with van der Waals surface area (Å²) in [6.45, 7) is 8.90. The molecular weight excluding hydrogens is 284 g/mol. The maximum atomic E-state index is 4.92. The van der Waals surface area contributed by atoms with Crippen molar-refractivity contribution >= 4 is 36.4 Å². The molecule has 0 spiro atoms. The standard InChI is InChI=1S/C19H24N2Si/c1-6-11-22(5)18-12-14(2)7-9-16(18)20-17-10-8-15(21(3)4)13-19(17)22/h7-10,12-13H,2,6,11H2,1,3-5H3. The van der Waals surface area contributed by atoms with Gasteiger partial charge in [-0.25, -0.2) is 4.99 Å². The van der Waals surface area contributed by atoms with E-state index < -0.39 is 8.07 Å². The van der Waals surface area contributed by atoms with E-state index in [9.17, 15) is 0 Å². The molecule has 0 aromatic heterocycles. The number of rotatable bonds is 3. The van der Waals surface area contributed by atoms with Gasteiger partial charge < -0.3 is 4.90 Å². The SMILES string of the molecule is C=c1ccc2c(c1)[Si](C)(CCC)c1cc(N(C)C)ccc1N=2. The number of anilines is 1. The van der Waals surface area contributed by atoms with E-state index in [1.165, 1.54) is 28.5 Å². The maximum absolute atomic E-state index is 4.92. The quantitative estimate of drug-likeness (QED) is 0.792. The van der Waals surface area contributed by atoms with Crippen LogP contribution in [-0.4, -0.2) is 22.2 Å². The van der Waals surface area contributed by atoms with E-state index in [1.54, 1.807) is 0 Å². The lowest BCUT2D eigenvalue weighted by Gasteiger charge is -2.33. The smallest absolute Gasteiger partial charge is 0.120 e. The van der Waals surface area contributed by atoms with Gasteiger partial charge >= 0.3 is 0 Å². The third kappa shape index (κ3) is 2.30. The van der Waals surface area contributed by atoms with E-state index in [0.29, 0.717) is 0 Å². The predicted octanol–water partition coefficient (Wildman–Crippen LogP) is 2.03. The van der Waals surface area contributed by atoms with Crippen LogP contribution < -0.4 is 25.8 Å². The topological polar surface area (TPSA) is 15.6 Å². The molecule has 0 bridgehead atoms. The van der Waals surface area contributed by atoms with Gasteiger partial charge in [0.1, 0.15) is 8.07 Å². The Hall–Kier alpha value is -1.87. The monoisotopic (exact) mass is 308 g/mol. The summed E-state index contributed by atoms with van der Waals surface area (Å²) in [5.41, 5.74) is 2.43. The highest BCUT2D eigenvalue weighted by atomic mass is 28.3. The minimum Gasteiger partial charge on any atom is -0.378 e. The zero-order valence-corrected chi connectivity index (χ0v) is 15.0. The Labute approximate surface area is 133 Å². The number of hydrogen-bond acceptors (Lipinski definition) is 2. The van der Waals surface area contributed by atoms with Crippen LogP contribution in [0.5, 0.6) is 0 Å². The van der Waals surface area contributed by atoms with E-state index in [-0.39, 0.29) is 0 Å². The van der Waals surface area contributed by atoms with Gasteiger partial charge in [0.05, 0.1) is 11.0 Å². The third-order valence-electron chi connectivity index (χ3n) is 4.74. The first-order valence-corrected chi connectivity index (χ1v) is 10.7. The van der Waals surface area contributed by atoms with E-state index in [1.807, 2.05) is 0 Å². The van der Waals surface area contributed by atoms with Gasteiger partial charge in [-0.05, 0) is 45.9 Å². The van der Waals surface area contributed by atoms with E-state index in [0.717, 1.165) is 16.3 Å². The molecule has 0 aliphatic carbocycles. The highest BCUT2D eigenvalue weighted by molar-refractivity contribution is 7.02. The van der Waals surface area contributed by atoms with Crippen molar-refractivity contribution in [2.75, 3.05) is 19.0 Å². The van der Waals surface area contributed by atoms with Crippen molar-refractivity contribution in [3.63, 3.8) is 0 Å². The average molecular weight is 309 g/mol. The molecule has 1 heterocycles. The second-order valence-electron chi connectivity index (χ2n) is 6.64. The highest BCUT2D eigenvalue weighted by Gasteiger charge is 2.36. The number of hydrogen-bond donors (Lipinski definition) is 0. The Bertz CT molecular complexity index is 826. The molecule has 2 aromatic rings. The molecule has 0 fully saturated rings. The van der Waals surface area contributed by atoms with Crippen molar-refractivity contribution in [3.05, 3.63) is 47.0 Å². The Morgan fingerprint density at radius 2 is 1.86 bits per heavy atom. The second kappa shape index (κ2) is 5.40. The van der Waals surface area contributed by atoms with Gasteiger partial charge in [0.2, 0.25) is 0 Å². The summed E-state index contributed by atoms with van der Waals surface area (Å²) in [5, 5.41) is 5.17. The third-order valence-corrected chi connectivity index (χ3v) is 9.42. The predicted molar refractivity (Wildman–Crippen MR) is 99.2 cm³/mol. The molecule has 0 saturated heterocycles. The average Bonchev–Trinajstić information content (AvgIpc) is 2.48. The lowest BCUT2D eigenvalue weighted by Crippen LogP contribution is -2.63. The summed E-state index contributed by atoms with van der Waals surface area (Å²) < 4.78 is 0. The molecule has 1 aliphatic heterocycles. The molecule has 2 aromatic carbocycles. The van der Waals surface area contributed by atoms with Gasteiger partial charge in [-0.2, -0.15) is 0 Å². The zero-order valence-electron chi connectivity index (χ0n) is 14.0. The summed E-state index contributed by atoms with van der Waals surface area (Å²) in [7, 11) is 2.45. The molecule has 2 nitrogen and oxygen atoms in total. The van der Waals surface area contributed by atoms with Crippen molar-refractivity contribution in [1.29, 1.82) is 0 Å². The second-order valence-corrected chi connectivity index (χ2v) is 10.9. The van der Waals surface area contributed by atoms with Crippen LogP contribution in [-0.2, 0) is 0 Å². The minimum absolute atomic E-state index is 1.09. The molecule has 114 valence electrons. The van der Waals surface area contributed by atoms with E-state index in [2.05, 4.69) is 75.4 Å². The first kappa shape index (κ1) is 15.0. The molecule has 0 saturated carbocycles.